The molecule has 3 rings (SSSR count). The molecule has 0 aliphatic rings. The lowest BCUT2D eigenvalue weighted by atomic mass is 10.1. The van der Waals surface area contributed by atoms with E-state index < -0.39 is 11.6 Å². The Labute approximate surface area is 115 Å². The number of hydrogen-bond donors (Lipinski definition) is 0. The molecule has 0 saturated heterocycles. The van der Waals surface area contributed by atoms with E-state index in [2.05, 4.69) is 10.1 Å². The normalized spacial score (nSPS) is 10.2. The number of rotatable bonds is 1. The summed E-state index contributed by atoms with van der Waals surface area (Å²) in [7, 11) is 0. The highest BCUT2D eigenvalue weighted by Crippen LogP contribution is 2.25. The maximum absolute atomic E-state index is 13.8. The van der Waals surface area contributed by atoms with Gasteiger partial charge >= 0.3 is 0 Å². The second-order valence-electron chi connectivity index (χ2n) is 3.94. The zero-order valence-corrected chi connectivity index (χ0v) is 11.6. The van der Waals surface area contributed by atoms with Crippen LogP contribution in [0.5, 0.6) is 0 Å². The number of fused-ring (bicyclic) bond motifs is 1. The third-order valence-electron chi connectivity index (χ3n) is 2.68. The average molecular weight is 275 g/mol. The van der Waals surface area contributed by atoms with E-state index in [0.29, 0.717) is 17.2 Å². The molecule has 0 fully saturated rings. The van der Waals surface area contributed by atoms with Crippen molar-refractivity contribution in [2.75, 3.05) is 0 Å². The molecule has 0 N–H and O–H groups in total. The van der Waals surface area contributed by atoms with Gasteiger partial charge in [-0.3, -0.25) is 0 Å². The average Bonchev–Trinajstić information content (AvgIpc) is 2.82. The number of benzene rings is 1. The molecule has 0 bridgehead atoms. The van der Waals surface area contributed by atoms with Gasteiger partial charge in [-0.05, 0) is 31.2 Å². The quantitative estimate of drug-likeness (QED) is 0.671. The Bertz CT molecular complexity index is 715. The van der Waals surface area contributed by atoms with Gasteiger partial charge in [0.1, 0.15) is 17.5 Å². The van der Waals surface area contributed by atoms with Crippen LogP contribution in [0.4, 0.5) is 8.78 Å². The van der Waals surface area contributed by atoms with Crippen molar-refractivity contribution in [3.05, 3.63) is 53.9 Å². The highest BCUT2D eigenvalue weighted by molar-refractivity contribution is 5.64. The van der Waals surface area contributed by atoms with Crippen molar-refractivity contribution in [3.8, 4) is 11.3 Å². The van der Waals surface area contributed by atoms with Crippen LogP contribution in [0.3, 0.4) is 0 Å². The SMILES string of the molecule is CC.Cc1nc2cccc(-c3c(F)cccc3F)n2n1. The summed E-state index contributed by atoms with van der Waals surface area (Å²) in [6.07, 6.45) is 0. The second-order valence-corrected chi connectivity index (χ2v) is 3.94. The van der Waals surface area contributed by atoms with Gasteiger partial charge in [0.25, 0.3) is 0 Å². The van der Waals surface area contributed by atoms with E-state index in [-0.39, 0.29) is 5.56 Å². The van der Waals surface area contributed by atoms with Crippen molar-refractivity contribution in [2.45, 2.75) is 20.8 Å². The Balaban J connectivity index is 0.000000704. The predicted octanol–water partition coefficient (Wildman–Crippen LogP) is 4.01. The van der Waals surface area contributed by atoms with E-state index in [1.807, 2.05) is 13.8 Å². The Morgan fingerprint density at radius 1 is 0.950 bits per heavy atom. The summed E-state index contributed by atoms with van der Waals surface area (Å²) in [6.45, 7) is 5.73. The highest BCUT2D eigenvalue weighted by atomic mass is 19.1. The lowest BCUT2D eigenvalue weighted by Gasteiger charge is -2.06. The summed E-state index contributed by atoms with van der Waals surface area (Å²) in [4.78, 5) is 4.17. The molecule has 0 saturated carbocycles. The smallest absolute Gasteiger partial charge is 0.156 e. The van der Waals surface area contributed by atoms with Gasteiger partial charge < -0.3 is 0 Å². The molecule has 1 aromatic carbocycles. The van der Waals surface area contributed by atoms with Gasteiger partial charge in [0, 0.05) is 0 Å². The summed E-state index contributed by atoms with van der Waals surface area (Å²) in [5.41, 5.74) is 0.823. The van der Waals surface area contributed by atoms with Crippen LogP contribution in [-0.2, 0) is 0 Å². The molecule has 0 atom stereocenters. The first-order valence-corrected chi connectivity index (χ1v) is 6.43. The topological polar surface area (TPSA) is 30.2 Å². The number of nitrogens with zero attached hydrogens (tertiary/aromatic N) is 3. The molecule has 5 heteroatoms. The lowest BCUT2D eigenvalue weighted by Crippen LogP contribution is -1.98. The van der Waals surface area contributed by atoms with Crippen molar-refractivity contribution < 1.29 is 8.78 Å². The largest absolute Gasteiger partial charge is 0.213 e. The molecular formula is C15H15F2N3. The summed E-state index contributed by atoms with van der Waals surface area (Å²) >= 11 is 0. The van der Waals surface area contributed by atoms with E-state index >= 15 is 0 Å². The van der Waals surface area contributed by atoms with Crippen molar-refractivity contribution in [1.82, 2.24) is 14.6 Å². The first-order valence-electron chi connectivity index (χ1n) is 6.43. The molecule has 2 heterocycles. The second kappa shape index (κ2) is 5.77. The van der Waals surface area contributed by atoms with Gasteiger partial charge in [-0.25, -0.2) is 18.3 Å². The summed E-state index contributed by atoms with van der Waals surface area (Å²) < 4.78 is 29.0. The van der Waals surface area contributed by atoms with Crippen LogP contribution in [0.1, 0.15) is 19.7 Å². The summed E-state index contributed by atoms with van der Waals surface area (Å²) in [6, 6.07) is 8.83. The fourth-order valence-electron chi connectivity index (χ4n) is 1.94. The van der Waals surface area contributed by atoms with Gasteiger partial charge in [-0.1, -0.05) is 26.0 Å². The molecule has 3 aromatic rings. The van der Waals surface area contributed by atoms with Crippen LogP contribution in [0.25, 0.3) is 16.9 Å². The van der Waals surface area contributed by atoms with Crippen LogP contribution in [-0.4, -0.2) is 14.6 Å². The number of halogens is 2. The molecule has 0 unspecified atom stereocenters. The minimum atomic E-state index is -0.615. The van der Waals surface area contributed by atoms with Crippen LogP contribution in [0.15, 0.2) is 36.4 Å². The summed E-state index contributed by atoms with van der Waals surface area (Å²) in [5.74, 6) is -0.675. The third kappa shape index (κ3) is 2.39. The molecule has 0 spiro atoms. The molecule has 104 valence electrons. The number of aromatic nitrogens is 3. The van der Waals surface area contributed by atoms with Gasteiger partial charge in [0.15, 0.2) is 5.65 Å². The molecule has 0 aliphatic heterocycles. The molecule has 2 aromatic heterocycles. The van der Waals surface area contributed by atoms with Crippen LogP contribution < -0.4 is 0 Å². The molecule has 0 amide bonds. The van der Waals surface area contributed by atoms with Gasteiger partial charge in [-0.15, -0.1) is 0 Å². The molecule has 3 nitrogen and oxygen atoms in total. The Kier molecular flexibility index (Phi) is 4.08. The van der Waals surface area contributed by atoms with Gasteiger partial charge in [0.05, 0.1) is 11.3 Å². The third-order valence-corrected chi connectivity index (χ3v) is 2.68. The summed E-state index contributed by atoms with van der Waals surface area (Å²) in [5, 5.41) is 4.14. The van der Waals surface area contributed by atoms with E-state index in [9.17, 15) is 8.78 Å². The van der Waals surface area contributed by atoms with Crippen molar-refractivity contribution in [3.63, 3.8) is 0 Å². The Hall–Kier alpha value is -2.30. The van der Waals surface area contributed by atoms with E-state index in [4.69, 9.17) is 0 Å². The zero-order valence-electron chi connectivity index (χ0n) is 11.6. The molecular weight excluding hydrogens is 260 g/mol. The van der Waals surface area contributed by atoms with E-state index in [0.717, 1.165) is 0 Å². The van der Waals surface area contributed by atoms with Gasteiger partial charge in [-0.2, -0.15) is 5.10 Å². The Morgan fingerprint density at radius 2 is 1.55 bits per heavy atom. The van der Waals surface area contributed by atoms with Gasteiger partial charge in [0.2, 0.25) is 0 Å². The fourth-order valence-corrected chi connectivity index (χ4v) is 1.94. The monoisotopic (exact) mass is 275 g/mol. The maximum atomic E-state index is 13.8. The van der Waals surface area contributed by atoms with Crippen LogP contribution in [0, 0.1) is 18.6 Å². The van der Waals surface area contributed by atoms with Crippen LogP contribution in [0.2, 0.25) is 0 Å². The fraction of sp³-hybridized carbons (Fsp3) is 0.200. The van der Waals surface area contributed by atoms with Crippen molar-refractivity contribution in [1.29, 1.82) is 0 Å². The minimum absolute atomic E-state index is 0.0898. The Morgan fingerprint density at radius 3 is 2.20 bits per heavy atom. The van der Waals surface area contributed by atoms with Crippen LogP contribution >= 0.6 is 0 Å². The van der Waals surface area contributed by atoms with Crippen molar-refractivity contribution in [2.24, 2.45) is 0 Å². The minimum Gasteiger partial charge on any atom is -0.213 e. The lowest BCUT2D eigenvalue weighted by molar-refractivity contribution is 0.587. The number of pyridine rings is 1. The van der Waals surface area contributed by atoms with E-state index in [1.54, 1.807) is 25.1 Å². The zero-order chi connectivity index (χ0) is 14.7. The standard InChI is InChI=1S/C13H9F2N3.C2H6/c1-8-16-12-7-3-6-11(18(12)17-8)13-9(14)4-2-5-10(13)15;1-2/h2-7H,1H3;1-2H3. The molecule has 0 radical (unpaired) electrons. The van der Waals surface area contributed by atoms with E-state index in [1.165, 1.54) is 22.7 Å². The van der Waals surface area contributed by atoms with Crippen molar-refractivity contribution >= 4 is 5.65 Å². The number of aryl methyl sites for hydroxylation is 1. The predicted molar refractivity (Wildman–Crippen MR) is 74.4 cm³/mol. The first kappa shape index (κ1) is 14.1. The first-order chi connectivity index (χ1) is 9.66. The molecule has 0 aliphatic carbocycles. The number of hydrogen-bond acceptors (Lipinski definition) is 2. The highest BCUT2D eigenvalue weighted by Gasteiger charge is 2.15. The maximum Gasteiger partial charge on any atom is 0.156 e. The molecule has 20 heavy (non-hydrogen) atoms.